The molecule has 0 unspecified atom stereocenters. The van der Waals surface area contributed by atoms with Gasteiger partial charge in [-0.25, -0.2) is 0 Å². The molecule has 1 heterocycles. The van der Waals surface area contributed by atoms with Crippen LogP contribution in [0.1, 0.15) is 36.3 Å². The standard InChI is InChI=1S/C22H23NO4/c1-25-14-9-7-13(8-10-14)20-21-16(5-4-6-18(21)24)23-17-11-15(26-2)12-19(27-3)22(17)20/h7-12,20,23H,4-6H2,1-3H3/t20-/m0/s1. The highest BCUT2D eigenvalue weighted by Gasteiger charge is 2.37. The average molecular weight is 365 g/mol. The molecule has 0 spiro atoms. The summed E-state index contributed by atoms with van der Waals surface area (Å²) in [6.07, 6.45) is 2.32. The van der Waals surface area contributed by atoms with E-state index in [2.05, 4.69) is 5.32 Å². The van der Waals surface area contributed by atoms with Crippen molar-refractivity contribution in [2.75, 3.05) is 26.6 Å². The van der Waals surface area contributed by atoms with Crippen LogP contribution < -0.4 is 19.5 Å². The summed E-state index contributed by atoms with van der Waals surface area (Å²) in [4.78, 5) is 12.9. The molecule has 140 valence electrons. The third-order valence-corrected chi connectivity index (χ3v) is 5.34. The zero-order valence-electron chi connectivity index (χ0n) is 15.8. The summed E-state index contributed by atoms with van der Waals surface area (Å²) in [5.41, 5.74) is 4.81. The Morgan fingerprint density at radius 3 is 2.33 bits per heavy atom. The van der Waals surface area contributed by atoms with E-state index in [0.29, 0.717) is 12.2 Å². The normalized spacial score (nSPS) is 18.3. The van der Waals surface area contributed by atoms with Crippen molar-refractivity contribution in [2.45, 2.75) is 25.2 Å². The second kappa shape index (κ2) is 6.99. The van der Waals surface area contributed by atoms with Gasteiger partial charge in [0.25, 0.3) is 0 Å². The number of Topliss-reactive ketones (excluding diaryl/α,β-unsaturated/α-hetero) is 1. The minimum absolute atomic E-state index is 0.171. The number of rotatable bonds is 4. The molecule has 0 amide bonds. The molecule has 1 aliphatic carbocycles. The minimum atomic E-state index is -0.171. The molecular weight excluding hydrogens is 342 g/mol. The molecule has 5 heteroatoms. The number of allylic oxidation sites excluding steroid dienone is 2. The Hall–Kier alpha value is -2.95. The fourth-order valence-corrected chi connectivity index (χ4v) is 4.05. The van der Waals surface area contributed by atoms with E-state index >= 15 is 0 Å². The summed E-state index contributed by atoms with van der Waals surface area (Å²) in [5, 5.41) is 3.48. The SMILES string of the molecule is COc1ccc([C@H]2C3=C(CCCC3=O)Nc3cc(OC)cc(OC)c32)cc1. The number of benzene rings is 2. The number of hydrogen-bond donors (Lipinski definition) is 1. The van der Waals surface area contributed by atoms with Gasteiger partial charge in [-0.1, -0.05) is 12.1 Å². The number of carbonyl (C=O) groups is 1. The predicted octanol–water partition coefficient (Wildman–Crippen LogP) is 4.28. The topological polar surface area (TPSA) is 56.8 Å². The van der Waals surface area contributed by atoms with E-state index in [1.165, 1.54) is 0 Å². The van der Waals surface area contributed by atoms with E-state index in [1.807, 2.05) is 36.4 Å². The fourth-order valence-electron chi connectivity index (χ4n) is 4.05. The maximum atomic E-state index is 12.9. The van der Waals surface area contributed by atoms with Crippen molar-refractivity contribution in [3.05, 3.63) is 58.8 Å². The fraction of sp³-hybridized carbons (Fsp3) is 0.318. The van der Waals surface area contributed by atoms with E-state index in [-0.39, 0.29) is 11.7 Å². The van der Waals surface area contributed by atoms with Crippen molar-refractivity contribution in [1.82, 2.24) is 0 Å². The van der Waals surface area contributed by atoms with Gasteiger partial charge in [0.2, 0.25) is 0 Å². The van der Waals surface area contributed by atoms with Crippen molar-refractivity contribution in [3.8, 4) is 17.2 Å². The third-order valence-electron chi connectivity index (χ3n) is 5.34. The van der Waals surface area contributed by atoms with E-state index in [4.69, 9.17) is 14.2 Å². The zero-order valence-corrected chi connectivity index (χ0v) is 15.8. The highest BCUT2D eigenvalue weighted by atomic mass is 16.5. The Morgan fingerprint density at radius 1 is 0.926 bits per heavy atom. The van der Waals surface area contributed by atoms with Crippen LogP contribution in [0.2, 0.25) is 0 Å². The van der Waals surface area contributed by atoms with Crippen LogP contribution in [-0.2, 0) is 4.79 Å². The first-order chi connectivity index (χ1) is 13.2. The summed E-state index contributed by atoms with van der Waals surface area (Å²) in [7, 11) is 4.93. The quantitative estimate of drug-likeness (QED) is 0.877. The predicted molar refractivity (Wildman–Crippen MR) is 104 cm³/mol. The number of fused-ring (bicyclic) bond motifs is 1. The van der Waals surface area contributed by atoms with Crippen LogP contribution in [0.3, 0.4) is 0 Å². The van der Waals surface area contributed by atoms with Gasteiger partial charge < -0.3 is 19.5 Å². The zero-order chi connectivity index (χ0) is 19.0. The molecule has 0 aromatic heterocycles. The lowest BCUT2D eigenvalue weighted by Crippen LogP contribution is -2.27. The summed E-state index contributed by atoms with van der Waals surface area (Å²) in [6.45, 7) is 0. The van der Waals surface area contributed by atoms with Crippen molar-refractivity contribution < 1.29 is 19.0 Å². The Balaban J connectivity index is 1.95. The van der Waals surface area contributed by atoms with Gasteiger partial charge in [-0.15, -0.1) is 0 Å². The Bertz CT molecular complexity index is 915. The van der Waals surface area contributed by atoms with E-state index in [1.54, 1.807) is 21.3 Å². The van der Waals surface area contributed by atoms with Crippen molar-refractivity contribution in [2.24, 2.45) is 0 Å². The van der Waals surface area contributed by atoms with Crippen LogP contribution in [-0.4, -0.2) is 27.1 Å². The van der Waals surface area contributed by atoms with Crippen LogP contribution in [0.15, 0.2) is 47.7 Å². The maximum absolute atomic E-state index is 12.9. The lowest BCUT2D eigenvalue weighted by molar-refractivity contribution is -0.116. The number of anilines is 1. The molecule has 0 saturated carbocycles. The number of carbonyl (C=O) groups excluding carboxylic acids is 1. The van der Waals surface area contributed by atoms with Gasteiger partial charge in [0.05, 0.1) is 21.3 Å². The van der Waals surface area contributed by atoms with Crippen LogP contribution in [0.25, 0.3) is 0 Å². The first-order valence-electron chi connectivity index (χ1n) is 9.09. The molecular formula is C22H23NO4. The first kappa shape index (κ1) is 17.5. The summed E-state index contributed by atoms with van der Waals surface area (Å²) >= 11 is 0. The summed E-state index contributed by atoms with van der Waals surface area (Å²) in [6, 6.07) is 11.7. The van der Waals surface area contributed by atoms with Crippen LogP contribution in [0, 0.1) is 0 Å². The monoisotopic (exact) mass is 365 g/mol. The Labute approximate surface area is 158 Å². The van der Waals surface area contributed by atoms with Crippen LogP contribution in [0.5, 0.6) is 17.2 Å². The molecule has 4 rings (SSSR count). The molecule has 0 fully saturated rings. The lowest BCUT2D eigenvalue weighted by Gasteiger charge is -2.35. The molecule has 2 aliphatic rings. The van der Waals surface area contributed by atoms with Gasteiger partial charge in [-0.2, -0.15) is 0 Å². The van der Waals surface area contributed by atoms with E-state index in [9.17, 15) is 4.79 Å². The maximum Gasteiger partial charge on any atom is 0.161 e. The molecule has 0 saturated heterocycles. The molecule has 27 heavy (non-hydrogen) atoms. The number of ether oxygens (including phenoxy) is 3. The summed E-state index contributed by atoms with van der Waals surface area (Å²) < 4.78 is 16.4. The Kier molecular flexibility index (Phi) is 4.52. The molecule has 0 bridgehead atoms. The largest absolute Gasteiger partial charge is 0.497 e. The van der Waals surface area contributed by atoms with Crippen LogP contribution in [0.4, 0.5) is 5.69 Å². The second-order valence-corrected chi connectivity index (χ2v) is 6.79. The molecule has 2 aromatic carbocycles. The van der Waals surface area contributed by atoms with Gasteiger partial charge in [-0.3, -0.25) is 4.79 Å². The van der Waals surface area contributed by atoms with Gasteiger partial charge in [-0.05, 0) is 30.5 Å². The molecule has 0 radical (unpaired) electrons. The molecule has 2 aromatic rings. The summed E-state index contributed by atoms with van der Waals surface area (Å²) in [5.74, 6) is 2.25. The molecule has 1 aliphatic heterocycles. The average Bonchev–Trinajstić information content (AvgIpc) is 2.71. The van der Waals surface area contributed by atoms with Crippen molar-refractivity contribution >= 4 is 11.5 Å². The number of ketones is 1. The molecule has 1 N–H and O–H groups in total. The van der Waals surface area contributed by atoms with Crippen LogP contribution >= 0.6 is 0 Å². The van der Waals surface area contributed by atoms with Gasteiger partial charge in [0.1, 0.15) is 17.2 Å². The number of hydrogen-bond acceptors (Lipinski definition) is 5. The van der Waals surface area contributed by atoms with Gasteiger partial charge >= 0.3 is 0 Å². The van der Waals surface area contributed by atoms with Gasteiger partial charge in [0, 0.05) is 47.0 Å². The smallest absolute Gasteiger partial charge is 0.161 e. The Morgan fingerprint density at radius 2 is 1.67 bits per heavy atom. The molecule has 1 atom stereocenters. The second-order valence-electron chi connectivity index (χ2n) is 6.79. The third kappa shape index (κ3) is 2.93. The molecule has 5 nitrogen and oxygen atoms in total. The van der Waals surface area contributed by atoms with E-state index in [0.717, 1.165) is 52.4 Å². The first-order valence-corrected chi connectivity index (χ1v) is 9.09. The van der Waals surface area contributed by atoms with Crippen molar-refractivity contribution in [1.29, 1.82) is 0 Å². The van der Waals surface area contributed by atoms with Gasteiger partial charge in [0.15, 0.2) is 5.78 Å². The minimum Gasteiger partial charge on any atom is -0.497 e. The number of methoxy groups -OCH3 is 3. The highest BCUT2D eigenvalue weighted by molar-refractivity contribution is 6.01. The number of nitrogens with one attached hydrogen (secondary N) is 1. The van der Waals surface area contributed by atoms with Crippen molar-refractivity contribution in [3.63, 3.8) is 0 Å². The highest BCUT2D eigenvalue weighted by Crippen LogP contribution is 2.50. The van der Waals surface area contributed by atoms with E-state index < -0.39 is 0 Å². The lowest BCUT2D eigenvalue weighted by atomic mass is 9.75.